The largest absolute Gasteiger partial charge is 0.293 e. The number of rotatable bonds is 2. The van der Waals surface area contributed by atoms with Gasteiger partial charge in [-0.25, -0.2) is 0 Å². The summed E-state index contributed by atoms with van der Waals surface area (Å²) in [5, 5.41) is 11.8. The molecule has 1 aromatic heterocycles. The van der Waals surface area contributed by atoms with Gasteiger partial charge < -0.3 is 0 Å². The van der Waals surface area contributed by atoms with E-state index in [1.165, 1.54) is 12.1 Å². The van der Waals surface area contributed by atoms with E-state index in [1.54, 1.807) is 12.1 Å². The minimum Gasteiger partial charge on any atom is -0.293 e. The van der Waals surface area contributed by atoms with Gasteiger partial charge >= 0.3 is 0 Å². The second-order valence-electron chi connectivity index (χ2n) is 5.58. The second-order valence-corrected chi connectivity index (χ2v) is 5.58. The van der Waals surface area contributed by atoms with E-state index in [1.807, 2.05) is 24.3 Å². The highest BCUT2D eigenvalue weighted by atomic mass is 16.6. The van der Waals surface area contributed by atoms with Crippen LogP contribution < -0.4 is 0 Å². The molecule has 1 aliphatic carbocycles. The summed E-state index contributed by atoms with van der Waals surface area (Å²) in [5.41, 5.74) is 1.15. The van der Waals surface area contributed by atoms with E-state index in [4.69, 9.17) is 0 Å². The molecule has 1 aliphatic rings. The van der Waals surface area contributed by atoms with Crippen molar-refractivity contribution in [2.24, 2.45) is 0 Å². The predicted octanol–water partition coefficient (Wildman–Crippen LogP) is 3.31. The van der Waals surface area contributed by atoms with Gasteiger partial charge in [-0.15, -0.1) is 0 Å². The van der Waals surface area contributed by atoms with Crippen molar-refractivity contribution in [3.8, 4) is 0 Å². The Labute approximate surface area is 135 Å². The fourth-order valence-corrected chi connectivity index (χ4v) is 3.01. The van der Waals surface area contributed by atoms with Crippen LogP contribution in [0.1, 0.15) is 32.3 Å². The predicted molar refractivity (Wildman–Crippen MR) is 86.2 cm³/mol. The summed E-state index contributed by atoms with van der Waals surface area (Å²) in [4.78, 5) is 40.0. The van der Waals surface area contributed by atoms with E-state index in [2.05, 4.69) is 4.98 Å². The maximum Gasteiger partial charge on any atom is 0.270 e. The van der Waals surface area contributed by atoms with Gasteiger partial charge in [0, 0.05) is 28.6 Å². The number of hydrogen-bond acceptors (Lipinski definition) is 5. The van der Waals surface area contributed by atoms with Gasteiger partial charge in [0.2, 0.25) is 0 Å². The van der Waals surface area contributed by atoms with Crippen molar-refractivity contribution in [2.45, 2.75) is 5.92 Å². The molecule has 6 heteroatoms. The maximum absolute atomic E-state index is 12.6. The highest BCUT2D eigenvalue weighted by molar-refractivity contribution is 6.29. The first-order valence-electron chi connectivity index (χ1n) is 7.29. The lowest BCUT2D eigenvalue weighted by Crippen LogP contribution is -2.14. The second kappa shape index (κ2) is 5.06. The number of benzene rings is 2. The van der Waals surface area contributed by atoms with Crippen molar-refractivity contribution < 1.29 is 14.5 Å². The van der Waals surface area contributed by atoms with Gasteiger partial charge in [-0.2, -0.15) is 0 Å². The van der Waals surface area contributed by atoms with Crippen LogP contribution in [0.25, 0.3) is 10.9 Å². The molecule has 2 aromatic carbocycles. The number of pyridine rings is 1. The summed E-state index contributed by atoms with van der Waals surface area (Å²) in [5.74, 6) is -1.85. The fraction of sp³-hybridized carbons (Fsp3) is 0.0556. The quantitative estimate of drug-likeness (QED) is 0.411. The Bertz CT molecular complexity index is 1040. The van der Waals surface area contributed by atoms with Gasteiger partial charge in [0.05, 0.1) is 16.1 Å². The van der Waals surface area contributed by atoms with Crippen LogP contribution in [0, 0.1) is 10.1 Å². The summed E-state index contributed by atoms with van der Waals surface area (Å²) in [6.45, 7) is 0. The monoisotopic (exact) mass is 318 g/mol. The van der Waals surface area contributed by atoms with E-state index in [0.717, 1.165) is 11.5 Å². The van der Waals surface area contributed by atoms with E-state index < -0.39 is 16.6 Å². The first-order chi connectivity index (χ1) is 11.6. The van der Waals surface area contributed by atoms with Crippen molar-refractivity contribution >= 4 is 28.2 Å². The number of nitro groups is 1. The van der Waals surface area contributed by atoms with Crippen LogP contribution in [0.15, 0.2) is 54.6 Å². The zero-order valence-corrected chi connectivity index (χ0v) is 12.3. The van der Waals surface area contributed by atoms with Crippen molar-refractivity contribution in [3.63, 3.8) is 0 Å². The van der Waals surface area contributed by atoms with Crippen LogP contribution in [-0.2, 0) is 0 Å². The molecule has 0 radical (unpaired) electrons. The summed E-state index contributed by atoms with van der Waals surface area (Å²) in [7, 11) is 0. The molecule has 1 atom stereocenters. The lowest BCUT2D eigenvalue weighted by atomic mass is 9.98. The number of fused-ring (bicyclic) bond motifs is 2. The third-order valence-electron chi connectivity index (χ3n) is 4.18. The fourth-order valence-electron chi connectivity index (χ4n) is 3.01. The Morgan fingerprint density at radius 1 is 0.917 bits per heavy atom. The topological polar surface area (TPSA) is 90.2 Å². The SMILES string of the molecule is O=C1c2ccc([N+](=O)[O-])cc2C(=O)[C@H]1c1ccc2ccccc2n1. The van der Waals surface area contributed by atoms with E-state index in [-0.39, 0.29) is 22.6 Å². The first kappa shape index (κ1) is 14.2. The Morgan fingerprint density at radius 2 is 1.67 bits per heavy atom. The van der Waals surface area contributed by atoms with Gasteiger partial charge in [-0.3, -0.25) is 24.7 Å². The molecule has 0 saturated heterocycles. The highest BCUT2D eigenvalue weighted by Crippen LogP contribution is 2.35. The molecular weight excluding hydrogens is 308 g/mol. The number of nitro benzene ring substituents is 1. The number of para-hydroxylation sites is 1. The van der Waals surface area contributed by atoms with Crippen LogP contribution >= 0.6 is 0 Å². The van der Waals surface area contributed by atoms with Crippen LogP contribution in [0.2, 0.25) is 0 Å². The maximum atomic E-state index is 12.6. The van der Waals surface area contributed by atoms with Crippen molar-refractivity contribution in [1.29, 1.82) is 0 Å². The number of hydrogen-bond donors (Lipinski definition) is 0. The van der Waals surface area contributed by atoms with Gasteiger partial charge in [-0.1, -0.05) is 24.3 Å². The Morgan fingerprint density at radius 3 is 2.46 bits per heavy atom. The summed E-state index contributed by atoms with van der Waals surface area (Å²) < 4.78 is 0. The van der Waals surface area contributed by atoms with Crippen LogP contribution in [-0.4, -0.2) is 21.5 Å². The highest BCUT2D eigenvalue weighted by Gasteiger charge is 2.41. The van der Waals surface area contributed by atoms with Gasteiger partial charge in [0.15, 0.2) is 11.6 Å². The molecule has 0 fully saturated rings. The molecule has 116 valence electrons. The van der Waals surface area contributed by atoms with Crippen molar-refractivity contribution in [3.05, 3.63) is 81.5 Å². The van der Waals surface area contributed by atoms with E-state index in [9.17, 15) is 19.7 Å². The number of ketones is 2. The third-order valence-corrected chi connectivity index (χ3v) is 4.18. The number of carbonyl (C=O) groups is 2. The molecule has 24 heavy (non-hydrogen) atoms. The molecule has 0 N–H and O–H groups in total. The summed E-state index contributed by atoms with van der Waals surface area (Å²) >= 11 is 0. The van der Waals surface area contributed by atoms with Gasteiger partial charge in [-0.05, 0) is 18.2 Å². The molecule has 0 unspecified atom stereocenters. The Balaban J connectivity index is 1.82. The van der Waals surface area contributed by atoms with Gasteiger partial charge in [0.25, 0.3) is 5.69 Å². The number of Topliss-reactive ketones (excluding diaryl/α,β-unsaturated/α-hetero) is 2. The summed E-state index contributed by atoms with van der Waals surface area (Å²) in [6, 6.07) is 14.6. The molecule has 0 saturated carbocycles. The molecule has 0 spiro atoms. The van der Waals surface area contributed by atoms with E-state index >= 15 is 0 Å². The van der Waals surface area contributed by atoms with E-state index in [0.29, 0.717) is 11.2 Å². The average Bonchev–Trinajstić information content (AvgIpc) is 2.85. The van der Waals surface area contributed by atoms with Crippen molar-refractivity contribution in [2.75, 3.05) is 0 Å². The minimum absolute atomic E-state index is 0.0918. The molecule has 4 rings (SSSR count). The normalized spacial score (nSPS) is 16.4. The molecule has 0 aliphatic heterocycles. The Hall–Kier alpha value is -3.41. The lowest BCUT2D eigenvalue weighted by Gasteiger charge is -2.07. The molecule has 0 bridgehead atoms. The number of nitrogens with zero attached hydrogens (tertiary/aromatic N) is 2. The van der Waals surface area contributed by atoms with Gasteiger partial charge in [0.1, 0.15) is 5.92 Å². The van der Waals surface area contributed by atoms with Crippen LogP contribution in [0.5, 0.6) is 0 Å². The first-order valence-corrected chi connectivity index (χ1v) is 7.29. The minimum atomic E-state index is -1.04. The smallest absolute Gasteiger partial charge is 0.270 e. The Kier molecular flexibility index (Phi) is 2.99. The number of aromatic nitrogens is 1. The number of non-ortho nitro benzene ring substituents is 1. The molecule has 0 amide bonds. The lowest BCUT2D eigenvalue weighted by molar-refractivity contribution is -0.384. The zero-order valence-electron chi connectivity index (χ0n) is 12.3. The molecular formula is C18H10N2O4. The van der Waals surface area contributed by atoms with Crippen LogP contribution in [0.3, 0.4) is 0 Å². The summed E-state index contributed by atoms with van der Waals surface area (Å²) in [6.07, 6.45) is 0. The molecule has 1 heterocycles. The van der Waals surface area contributed by atoms with Crippen LogP contribution in [0.4, 0.5) is 5.69 Å². The number of carbonyl (C=O) groups excluding carboxylic acids is 2. The molecule has 6 nitrogen and oxygen atoms in total. The average molecular weight is 318 g/mol. The standard InChI is InChI=1S/C18H10N2O4/c21-17-12-7-6-11(20(23)24)9-13(12)18(22)16(17)15-8-5-10-3-1-2-4-14(10)19-15/h1-9,16H/t16-/m0/s1. The molecule has 3 aromatic rings. The van der Waals surface area contributed by atoms with Crippen molar-refractivity contribution in [1.82, 2.24) is 4.98 Å². The third kappa shape index (κ3) is 2.00. The zero-order chi connectivity index (χ0) is 16.8.